The Bertz CT molecular complexity index is 1780. The van der Waals surface area contributed by atoms with Crippen LogP contribution < -0.4 is 15.4 Å². The van der Waals surface area contributed by atoms with Crippen molar-refractivity contribution in [1.82, 2.24) is 19.8 Å². The predicted molar refractivity (Wildman–Crippen MR) is 169 cm³/mol. The summed E-state index contributed by atoms with van der Waals surface area (Å²) in [6.07, 6.45) is -2.21. The Labute approximate surface area is 262 Å². The Morgan fingerprint density at radius 1 is 1.02 bits per heavy atom. The lowest BCUT2D eigenvalue weighted by Crippen LogP contribution is -2.45. The van der Waals surface area contributed by atoms with Gasteiger partial charge in [0.1, 0.15) is 21.9 Å². The molecule has 0 spiro atoms. The number of anilines is 2. The minimum Gasteiger partial charge on any atom is -0.439 e. The van der Waals surface area contributed by atoms with Crippen LogP contribution in [0.5, 0.6) is 11.6 Å². The maximum absolute atomic E-state index is 14.1. The molecule has 9 nitrogen and oxygen atoms in total. The molecular weight excluding hydrogens is 603 g/mol. The van der Waals surface area contributed by atoms with E-state index < -0.39 is 11.7 Å². The van der Waals surface area contributed by atoms with Gasteiger partial charge in [0.25, 0.3) is 0 Å². The van der Waals surface area contributed by atoms with E-state index in [0.29, 0.717) is 45.1 Å². The highest BCUT2D eigenvalue weighted by Gasteiger charge is 2.34. The van der Waals surface area contributed by atoms with Crippen molar-refractivity contribution in [3.05, 3.63) is 65.2 Å². The number of aliphatic imine (C=N–C) groups is 1. The Morgan fingerprint density at radius 3 is 2.58 bits per heavy atom. The van der Waals surface area contributed by atoms with Crippen molar-refractivity contribution in [2.75, 3.05) is 43.4 Å². The van der Waals surface area contributed by atoms with Crippen molar-refractivity contribution in [3.8, 4) is 11.6 Å². The Hall–Kier alpha value is -4.07. The molecule has 2 aromatic heterocycles. The number of rotatable bonds is 8. The molecule has 234 valence electrons. The molecule has 4 aromatic rings. The number of nitrogens with one attached hydrogen (secondary N) is 2. The number of amidine groups is 1. The number of amides is 1. The van der Waals surface area contributed by atoms with Gasteiger partial charge in [-0.25, -0.2) is 15.0 Å². The first-order valence-corrected chi connectivity index (χ1v) is 15.9. The number of fused-ring (bicyclic) bond motifs is 2. The number of hydrogen-bond acceptors (Lipinski definition) is 9. The highest BCUT2D eigenvalue weighted by atomic mass is 32.1. The van der Waals surface area contributed by atoms with Crippen LogP contribution in [0.4, 0.5) is 29.7 Å². The van der Waals surface area contributed by atoms with Crippen LogP contribution in [0.1, 0.15) is 36.5 Å². The van der Waals surface area contributed by atoms with E-state index in [4.69, 9.17) is 4.74 Å². The maximum Gasteiger partial charge on any atom is 0.416 e. The number of likely N-dealkylation sites (N-methyl/N-ethyl adjacent to an activating group) is 1. The van der Waals surface area contributed by atoms with Crippen LogP contribution in [0.15, 0.2) is 53.5 Å². The molecular formula is C32H32F3N7O2S. The zero-order valence-corrected chi connectivity index (χ0v) is 25.5. The minimum atomic E-state index is -4.46. The summed E-state index contributed by atoms with van der Waals surface area (Å²) in [5.74, 6) is 1.59. The maximum atomic E-state index is 14.1. The minimum absolute atomic E-state index is 0.00543. The molecule has 1 aliphatic carbocycles. The van der Waals surface area contributed by atoms with Gasteiger partial charge in [-0.05, 0) is 66.9 Å². The van der Waals surface area contributed by atoms with E-state index in [1.807, 2.05) is 12.1 Å². The molecule has 2 aromatic carbocycles. The third-order valence-corrected chi connectivity index (χ3v) is 9.19. The first-order valence-electron chi connectivity index (χ1n) is 15.1. The van der Waals surface area contributed by atoms with Gasteiger partial charge in [-0.15, -0.1) is 0 Å². The lowest BCUT2D eigenvalue weighted by Gasteiger charge is -2.34. The van der Waals surface area contributed by atoms with E-state index >= 15 is 0 Å². The van der Waals surface area contributed by atoms with Gasteiger partial charge in [-0.1, -0.05) is 24.3 Å². The number of halogens is 3. The number of carbonyl (C=O) groups is 1. The largest absolute Gasteiger partial charge is 0.439 e. The van der Waals surface area contributed by atoms with Crippen molar-refractivity contribution in [1.29, 1.82) is 0 Å². The van der Waals surface area contributed by atoms with Crippen LogP contribution in [0.2, 0.25) is 0 Å². The van der Waals surface area contributed by atoms with Crippen molar-refractivity contribution in [2.24, 2.45) is 10.9 Å². The highest BCUT2D eigenvalue weighted by molar-refractivity contribution is 7.21. The van der Waals surface area contributed by atoms with Gasteiger partial charge in [0, 0.05) is 56.8 Å². The number of pyridine rings is 1. The summed E-state index contributed by atoms with van der Waals surface area (Å²) in [5.41, 5.74) is 2.29. The first kappa shape index (κ1) is 29.6. The summed E-state index contributed by atoms with van der Waals surface area (Å²) in [7, 11) is 0. The molecule has 0 bridgehead atoms. The lowest BCUT2D eigenvalue weighted by atomic mass is 10.0. The number of ether oxygens (including phenoxy) is 1. The number of benzene rings is 2. The van der Waals surface area contributed by atoms with Crippen LogP contribution >= 0.6 is 11.3 Å². The SMILES string of the molecule is CCN1CCN(Cc2ccc(NC3=Nc4ccc(Oc5ccc6nc(NC(=O)C7CC7)sc6n5)cc4C3)cc2C(F)(F)F)CC1. The molecule has 1 saturated heterocycles. The first-order chi connectivity index (χ1) is 21.7. The number of alkyl halides is 3. The van der Waals surface area contributed by atoms with Crippen LogP contribution in [0.3, 0.4) is 0 Å². The second-order valence-electron chi connectivity index (χ2n) is 11.6. The summed E-state index contributed by atoms with van der Waals surface area (Å²) in [6.45, 7) is 6.56. The second kappa shape index (κ2) is 12.0. The van der Waals surface area contributed by atoms with E-state index in [-0.39, 0.29) is 23.9 Å². The van der Waals surface area contributed by atoms with E-state index in [0.717, 1.165) is 56.8 Å². The molecule has 1 amide bonds. The average Bonchev–Trinajstić information content (AvgIpc) is 3.68. The topological polar surface area (TPSA) is 95.0 Å². The zero-order chi connectivity index (χ0) is 31.1. The van der Waals surface area contributed by atoms with Gasteiger partial charge in [0.15, 0.2) is 5.13 Å². The van der Waals surface area contributed by atoms with E-state index in [1.165, 1.54) is 17.4 Å². The number of carbonyl (C=O) groups excluding carboxylic acids is 1. The number of hydrogen-bond donors (Lipinski definition) is 2. The fourth-order valence-electron chi connectivity index (χ4n) is 5.62. The summed E-state index contributed by atoms with van der Waals surface area (Å²) >= 11 is 1.29. The van der Waals surface area contributed by atoms with Gasteiger partial charge < -0.3 is 20.3 Å². The monoisotopic (exact) mass is 635 g/mol. The van der Waals surface area contributed by atoms with E-state index in [1.54, 1.807) is 30.3 Å². The Balaban J connectivity index is 1.000. The van der Waals surface area contributed by atoms with Gasteiger partial charge in [0.2, 0.25) is 11.8 Å². The fraction of sp³-hybridized carbons (Fsp3) is 0.375. The Kier molecular flexibility index (Phi) is 7.92. The quantitative estimate of drug-likeness (QED) is 0.223. The third-order valence-electron chi connectivity index (χ3n) is 8.30. The number of aromatic nitrogens is 2. The molecule has 2 N–H and O–H groups in total. The summed E-state index contributed by atoms with van der Waals surface area (Å²) in [4.78, 5) is 30.7. The number of nitrogens with zero attached hydrogens (tertiary/aromatic N) is 5. The second-order valence-corrected chi connectivity index (χ2v) is 12.6. The van der Waals surface area contributed by atoms with Gasteiger partial charge >= 0.3 is 6.18 Å². The van der Waals surface area contributed by atoms with Crippen molar-refractivity contribution >= 4 is 49.9 Å². The summed E-state index contributed by atoms with van der Waals surface area (Å²) < 4.78 is 48.3. The fourth-order valence-corrected chi connectivity index (χ4v) is 6.46. The Morgan fingerprint density at radius 2 is 1.82 bits per heavy atom. The standard InChI is InChI=1S/C32H32F3N7O2S/c1-2-41-11-13-42(14-12-41)18-20-5-6-22(17-24(20)32(33,34)35)36-27-16-21-15-23(7-8-25(21)37-27)44-28-10-9-26-30(39-28)45-31(38-26)40-29(43)19-3-4-19/h5-10,15,17,19H,2-4,11-14,16,18H2,1H3,(H,36,37)(H,38,40,43). The summed E-state index contributed by atoms with van der Waals surface area (Å²) in [5, 5.41) is 6.47. The molecule has 0 unspecified atom stereocenters. The van der Waals surface area contributed by atoms with Crippen LogP contribution in [0, 0.1) is 5.92 Å². The average molecular weight is 636 g/mol. The lowest BCUT2D eigenvalue weighted by molar-refractivity contribution is -0.138. The number of piperazine rings is 1. The molecule has 2 fully saturated rings. The predicted octanol–water partition coefficient (Wildman–Crippen LogP) is 6.69. The van der Waals surface area contributed by atoms with Crippen LogP contribution in [0.25, 0.3) is 10.3 Å². The number of thiazole rings is 1. The van der Waals surface area contributed by atoms with Gasteiger partial charge in [-0.2, -0.15) is 13.2 Å². The molecule has 1 saturated carbocycles. The molecule has 3 aliphatic rings. The third kappa shape index (κ3) is 6.80. The molecule has 7 rings (SSSR count). The van der Waals surface area contributed by atoms with Crippen LogP contribution in [-0.2, 0) is 23.9 Å². The zero-order valence-electron chi connectivity index (χ0n) is 24.7. The van der Waals surface area contributed by atoms with E-state index in [9.17, 15) is 18.0 Å². The summed E-state index contributed by atoms with van der Waals surface area (Å²) in [6, 6.07) is 13.4. The smallest absolute Gasteiger partial charge is 0.416 e. The molecule has 13 heteroatoms. The van der Waals surface area contributed by atoms with Crippen molar-refractivity contribution < 1.29 is 22.7 Å². The molecule has 45 heavy (non-hydrogen) atoms. The molecule has 2 aliphatic heterocycles. The van der Waals surface area contributed by atoms with E-state index in [2.05, 4.69) is 42.3 Å². The van der Waals surface area contributed by atoms with Gasteiger partial charge in [-0.3, -0.25) is 9.69 Å². The van der Waals surface area contributed by atoms with Gasteiger partial charge in [0.05, 0.1) is 11.3 Å². The molecule has 0 radical (unpaired) electrons. The van der Waals surface area contributed by atoms with Crippen LogP contribution in [-0.4, -0.2) is 64.2 Å². The molecule has 0 atom stereocenters. The normalized spacial score (nSPS) is 17.3. The highest BCUT2D eigenvalue weighted by Crippen LogP contribution is 2.37. The van der Waals surface area contributed by atoms with Crippen molar-refractivity contribution in [2.45, 2.75) is 38.9 Å². The molecule has 4 heterocycles. The van der Waals surface area contributed by atoms with Crippen molar-refractivity contribution in [3.63, 3.8) is 0 Å².